The summed E-state index contributed by atoms with van der Waals surface area (Å²) in [6.45, 7) is -0.0987. The molecule has 0 bridgehead atoms. The van der Waals surface area contributed by atoms with Gasteiger partial charge in [0, 0.05) is 6.08 Å². The van der Waals surface area contributed by atoms with Crippen LogP contribution in [-0.2, 0) is 10.4 Å². The Kier molecular flexibility index (Phi) is 3.70. The fourth-order valence-corrected chi connectivity index (χ4v) is 2.29. The lowest BCUT2D eigenvalue weighted by Crippen LogP contribution is -2.34. The molecule has 1 aliphatic rings. The molecule has 0 aliphatic carbocycles. The van der Waals surface area contributed by atoms with Crippen LogP contribution in [0.4, 0.5) is 0 Å². The van der Waals surface area contributed by atoms with E-state index in [-0.39, 0.29) is 12.5 Å². The number of ether oxygens (including phenoxy) is 1. The summed E-state index contributed by atoms with van der Waals surface area (Å²) in [6.07, 6.45) is 3.48. The zero-order valence-corrected chi connectivity index (χ0v) is 11.8. The highest BCUT2D eigenvalue weighted by Crippen LogP contribution is 2.31. The van der Waals surface area contributed by atoms with Gasteiger partial charge in [0.2, 0.25) is 5.90 Å². The number of rotatable bonds is 4. The number of benzene rings is 2. The van der Waals surface area contributed by atoms with E-state index in [1.54, 1.807) is 30.3 Å². The molecule has 0 saturated heterocycles. The van der Waals surface area contributed by atoms with Crippen LogP contribution in [0.25, 0.3) is 6.08 Å². The van der Waals surface area contributed by atoms with Crippen molar-refractivity contribution in [3.8, 4) is 0 Å². The van der Waals surface area contributed by atoms with E-state index in [4.69, 9.17) is 4.74 Å². The smallest absolute Gasteiger partial charge is 0.375 e. The zero-order chi connectivity index (χ0) is 15.4. The van der Waals surface area contributed by atoms with E-state index in [0.717, 1.165) is 5.56 Å². The van der Waals surface area contributed by atoms with E-state index >= 15 is 0 Å². The van der Waals surface area contributed by atoms with Gasteiger partial charge in [0.1, 0.15) is 0 Å². The van der Waals surface area contributed by atoms with E-state index in [0.29, 0.717) is 5.56 Å². The van der Waals surface area contributed by atoms with Crippen LogP contribution in [0.5, 0.6) is 0 Å². The van der Waals surface area contributed by atoms with Crippen LogP contribution in [0.15, 0.2) is 71.7 Å². The summed E-state index contributed by atoms with van der Waals surface area (Å²) in [4.78, 5) is 15.4. The molecule has 0 radical (unpaired) electrons. The molecule has 22 heavy (non-hydrogen) atoms. The van der Waals surface area contributed by atoms with Gasteiger partial charge in [0.25, 0.3) is 0 Å². The van der Waals surface area contributed by atoms with Gasteiger partial charge >= 0.3 is 5.66 Å². The van der Waals surface area contributed by atoms with Gasteiger partial charge < -0.3 is 4.74 Å². The maximum atomic E-state index is 11.5. The molecule has 1 aliphatic heterocycles. The van der Waals surface area contributed by atoms with Crippen LogP contribution in [0, 0.1) is 10.1 Å². The second-order valence-electron chi connectivity index (χ2n) is 4.92. The van der Waals surface area contributed by atoms with E-state index < -0.39 is 10.6 Å². The third kappa shape index (κ3) is 2.61. The van der Waals surface area contributed by atoms with Crippen molar-refractivity contribution < 1.29 is 9.66 Å². The second kappa shape index (κ2) is 5.81. The van der Waals surface area contributed by atoms with Gasteiger partial charge in [-0.3, -0.25) is 10.1 Å². The van der Waals surface area contributed by atoms with Gasteiger partial charge in [-0.15, -0.1) is 0 Å². The average Bonchev–Trinajstić information content (AvgIpc) is 3.00. The highest BCUT2D eigenvalue weighted by Gasteiger charge is 2.50. The Labute approximate surface area is 127 Å². The summed E-state index contributed by atoms with van der Waals surface area (Å²) in [5, 5.41) is 11.5. The van der Waals surface area contributed by atoms with Crippen LogP contribution in [0.2, 0.25) is 0 Å². The van der Waals surface area contributed by atoms with Gasteiger partial charge in [-0.25, -0.2) is 0 Å². The summed E-state index contributed by atoms with van der Waals surface area (Å²) in [7, 11) is 0. The largest absolute Gasteiger partial charge is 0.467 e. The summed E-state index contributed by atoms with van der Waals surface area (Å²) < 4.78 is 5.43. The van der Waals surface area contributed by atoms with E-state index in [9.17, 15) is 10.1 Å². The molecule has 1 heterocycles. The predicted molar refractivity (Wildman–Crippen MR) is 84.0 cm³/mol. The number of hydrogen-bond acceptors (Lipinski definition) is 4. The maximum Gasteiger partial charge on any atom is 0.375 e. The van der Waals surface area contributed by atoms with Crippen molar-refractivity contribution in [3.63, 3.8) is 0 Å². The van der Waals surface area contributed by atoms with Crippen LogP contribution in [-0.4, -0.2) is 17.4 Å². The fraction of sp³-hybridized carbons (Fsp3) is 0.118. The molecule has 5 heteroatoms. The number of nitrogens with zero attached hydrogens (tertiary/aromatic N) is 2. The molecule has 110 valence electrons. The first kappa shape index (κ1) is 14.0. The molecule has 0 spiro atoms. The number of hydrogen-bond donors (Lipinski definition) is 0. The van der Waals surface area contributed by atoms with E-state index in [1.807, 2.05) is 42.5 Å². The van der Waals surface area contributed by atoms with Crippen molar-refractivity contribution in [3.05, 3.63) is 88.0 Å². The second-order valence-corrected chi connectivity index (χ2v) is 4.92. The van der Waals surface area contributed by atoms with Crippen LogP contribution in [0.1, 0.15) is 11.1 Å². The van der Waals surface area contributed by atoms with Gasteiger partial charge in [-0.1, -0.05) is 48.5 Å². The zero-order valence-electron chi connectivity index (χ0n) is 11.8. The number of nitro groups is 1. The van der Waals surface area contributed by atoms with Crippen molar-refractivity contribution in [2.75, 3.05) is 6.61 Å². The first-order valence-electron chi connectivity index (χ1n) is 6.86. The summed E-state index contributed by atoms with van der Waals surface area (Å²) in [6, 6.07) is 18.3. The van der Waals surface area contributed by atoms with Gasteiger partial charge in [0.05, 0.1) is 10.5 Å². The SMILES string of the molecule is O=[N+]([O-])C1(c2ccccc2)COC(C=Cc2ccccc2)=N1. The summed E-state index contributed by atoms with van der Waals surface area (Å²) >= 11 is 0. The van der Waals surface area contributed by atoms with Crippen molar-refractivity contribution in [1.82, 2.24) is 0 Å². The quantitative estimate of drug-likeness (QED) is 0.642. The van der Waals surface area contributed by atoms with Crippen molar-refractivity contribution >= 4 is 12.0 Å². The maximum absolute atomic E-state index is 11.5. The molecular formula is C17H14N2O3. The Balaban J connectivity index is 1.91. The molecule has 3 rings (SSSR count). The lowest BCUT2D eigenvalue weighted by Gasteiger charge is -2.14. The fourth-order valence-electron chi connectivity index (χ4n) is 2.29. The van der Waals surface area contributed by atoms with Crippen molar-refractivity contribution in [2.45, 2.75) is 5.66 Å². The minimum absolute atomic E-state index is 0.0987. The van der Waals surface area contributed by atoms with E-state index in [2.05, 4.69) is 4.99 Å². The molecule has 0 saturated carbocycles. The predicted octanol–water partition coefficient (Wildman–Crippen LogP) is 3.26. The van der Waals surface area contributed by atoms with E-state index in [1.165, 1.54) is 0 Å². The molecule has 0 aromatic heterocycles. The van der Waals surface area contributed by atoms with Crippen LogP contribution >= 0.6 is 0 Å². The molecular weight excluding hydrogens is 280 g/mol. The Hall–Kier alpha value is -2.95. The monoisotopic (exact) mass is 294 g/mol. The molecule has 1 unspecified atom stereocenters. The van der Waals surface area contributed by atoms with Crippen molar-refractivity contribution in [2.24, 2.45) is 4.99 Å². The average molecular weight is 294 g/mol. The Morgan fingerprint density at radius 1 is 1.05 bits per heavy atom. The molecule has 0 N–H and O–H groups in total. The Morgan fingerprint density at radius 2 is 1.68 bits per heavy atom. The normalized spacial score (nSPS) is 20.6. The minimum atomic E-state index is -1.56. The Morgan fingerprint density at radius 3 is 2.32 bits per heavy atom. The summed E-state index contributed by atoms with van der Waals surface area (Å²) in [5.74, 6) is 0.268. The first-order valence-corrected chi connectivity index (χ1v) is 6.86. The minimum Gasteiger partial charge on any atom is -0.467 e. The first-order chi connectivity index (χ1) is 10.7. The topological polar surface area (TPSA) is 64.7 Å². The molecule has 2 aromatic carbocycles. The lowest BCUT2D eigenvalue weighted by atomic mass is 10.0. The van der Waals surface area contributed by atoms with Crippen LogP contribution in [0.3, 0.4) is 0 Å². The standard InChI is InChI=1S/C17H14N2O3/c20-19(21)17(15-9-5-2-6-10-15)13-22-16(18-17)12-11-14-7-3-1-4-8-14/h1-12H,13H2. The third-order valence-electron chi connectivity index (χ3n) is 3.47. The van der Waals surface area contributed by atoms with Crippen molar-refractivity contribution in [1.29, 1.82) is 0 Å². The number of aliphatic imine (C=N–C) groups is 1. The lowest BCUT2D eigenvalue weighted by molar-refractivity contribution is -0.577. The van der Waals surface area contributed by atoms with Gasteiger partial charge in [0.15, 0.2) is 6.61 Å². The summed E-state index contributed by atoms with van der Waals surface area (Å²) in [5.41, 5.74) is -0.0623. The molecule has 1 atom stereocenters. The Bertz CT molecular complexity index is 726. The molecule has 5 nitrogen and oxygen atoms in total. The highest BCUT2D eigenvalue weighted by atomic mass is 16.6. The van der Waals surface area contributed by atoms with Gasteiger partial charge in [-0.2, -0.15) is 4.99 Å². The molecule has 0 fully saturated rings. The molecule has 2 aromatic rings. The highest BCUT2D eigenvalue weighted by molar-refractivity contribution is 5.93. The van der Waals surface area contributed by atoms with Crippen LogP contribution < -0.4 is 0 Å². The molecule has 0 amide bonds. The van der Waals surface area contributed by atoms with Gasteiger partial charge in [-0.05, 0) is 23.8 Å². The third-order valence-corrected chi connectivity index (χ3v) is 3.47.